The lowest BCUT2D eigenvalue weighted by molar-refractivity contribution is -0.146. The first-order chi connectivity index (χ1) is 13.0. The van der Waals surface area contributed by atoms with Crippen LogP contribution in [0, 0.1) is 0 Å². The maximum atomic E-state index is 12.9. The molecule has 1 fully saturated rings. The third kappa shape index (κ3) is 3.53. The van der Waals surface area contributed by atoms with Gasteiger partial charge in [-0.1, -0.05) is 24.3 Å². The predicted molar refractivity (Wildman–Crippen MR) is 99.8 cm³/mol. The molecule has 0 spiro atoms. The Kier molecular flexibility index (Phi) is 4.58. The minimum Gasteiger partial charge on any atom is -0.487 e. The van der Waals surface area contributed by atoms with Gasteiger partial charge in [0.05, 0.1) is 24.7 Å². The van der Waals surface area contributed by atoms with Gasteiger partial charge in [-0.2, -0.15) is 0 Å². The van der Waals surface area contributed by atoms with Gasteiger partial charge in [0.25, 0.3) is 0 Å². The molecule has 0 bridgehead atoms. The van der Waals surface area contributed by atoms with Gasteiger partial charge in [-0.3, -0.25) is 9.69 Å². The second-order valence-electron chi connectivity index (χ2n) is 7.22. The number of hydrogen-bond acceptors (Lipinski definition) is 4. The van der Waals surface area contributed by atoms with E-state index in [0.29, 0.717) is 18.8 Å². The Bertz CT molecular complexity index is 859. The fourth-order valence-corrected chi connectivity index (χ4v) is 3.70. The molecule has 2 aliphatic heterocycles. The van der Waals surface area contributed by atoms with Crippen molar-refractivity contribution in [2.75, 3.05) is 20.1 Å². The van der Waals surface area contributed by atoms with Crippen LogP contribution in [0.4, 0.5) is 0 Å². The number of amides is 1. The first kappa shape index (κ1) is 17.5. The minimum absolute atomic E-state index is 0.0502. The fourth-order valence-electron chi connectivity index (χ4n) is 3.70. The first-order valence-corrected chi connectivity index (χ1v) is 9.07. The predicted octanol–water partition coefficient (Wildman–Crippen LogP) is 2.03. The van der Waals surface area contributed by atoms with Gasteiger partial charge < -0.3 is 14.7 Å². The van der Waals surface area contributed by atoms with E-state index < -0.39 is 5.97 Å². The van der Waals surface area contributed by atoms with E-state index in [-0.39, 0.29) is 23.6 Å². The van der Waals surface area contributed by atoms with E-state index in [1.807, 2.05) is 24.1 Å². The number of carboxylic acid groups (broad SMARTS) is 1. The molecule has 1 amide bonds. The molecule has 1 saturated heterocycles. The standard InChI is InChI=1S/C21H22N2O4/c1-22-11-16-5-3-2-4-15(16)10-19(22)20(24)23-12-18(13-23)27-17-8-6-14(7-9-17)21(25)26/h2-9,18-19H,10-13H2,1H3,(H,25,26). The number of carbonyl (C=O) groups is 2. The summed E-state index contributed by atoms with van der Waals surface area (Å²) >= 11 is 0. The molecule has 0 radical (unpaired) electrons. The van der Waals surface area contributed by atoms with Crippen LogP contribution >= 0.6 is 0 Å². The van der Waals surface area contributed by atoms with Crippen molar-refractivity contribution >= 4 is 11.9 Å². The summed E-state index contributed by atoms with van der Waals surface area (Å²) in [5.74, 6) is -0.186. The number of aromatic carboxylic acids is 1. The van der Waals surface area contributed by atoms with Crippen LogP contribution < -0.4 is 4.74 Å². The SMILES string of the molecule is CN1Cc2ccccc2CC1C(=O)N1CC(Oc2ccc(C(=O)O)cc2)C1. The van der Waals surface area contributed by atoms with Crippen LogP contribution in [0.15, 0.2) is 48.5 Å². The number of benzene rings is 2. The van der Waals surface area contributed by atoms with Gasteiger partial charge in [-0.15, -0.1) is 0 Å². The molecule has 1 unspecified atom stereocenters. The van der Waals surface area contributed by atoms with Gasteiger partial charge in [0.1, 0.15) is 11.9 Å². The number of carboxylic acids is 1. The number of likely N-dealkylation sites (tertiary alicyclic amines) is 1. The topological polar surface area (TPSA) is 70.1 Å². The van der Waals surface area contributed by atoms with Crippen molar-refractivity contribution in [3.05, 3.63) is 65.2 Å². The Morgan fingerprint density at radius 2 is 1.70 bits per heavy atom. The average Bonchev–Trinajstić information content (AvgIpc) is 2.63. The Morgan fingerprint density at radius 3 is 2.37 bits per heavy atom. The van der Waals surface area contributed by atoms with Crippen molar-refractivity contribution < 1.29 is 19.4 Å². The third-order valence-electron chi connectivity index (χ3n) is 5.33. The number of fused-ring (bicyclic) bond motifs is 1. The van der Waals surface area contributed by atoms with Gasteiger partial charge in [-0.05, 0) is 48.9 Å². The quantitative estimate of drug-likeness (QED) is 0.897. The lowest BCUT2D eigenvalue weighted by Gasteiger charge is -2.43. The molecule has 0 aliphatic carbocycles. The summed E-state index contributed by atoms with van der Waals surface area (Å²) in [7, 11) is 2.00. The highest BCUT2D eigenvalue weighted by atomic mass is 16.5. The summed E-state index contributed by atoms with van der Waals surface area (Å²) in [6, 6.07) is 14.5. The molecule has 4 rings (SSSR count). The second-order valence-corrected chi connectivity index (χ2v) is 7.22. The van der Waals surface area contributed by atoms with Crippen LogP contribution in [0.25, 0.3) is 0 Å². The molecule has 2 aromatic carbocycles. The van der Waals surface area contributed by atoms with Crippen molar-refractivity contribution in [3.8, 4) is 5.75 Å². The zero-order valence-corrected chi connectivity index (χ0v) is 15.2. The number of carbonyl (C=O) groups excluding carboxylic acids is 1. The molecule has 6 heteroatoms. The minimum atomic E-state index is -0.958. The van der Waals surface area contributed by atoms with Gasteiger partial charge in [0.15, 0.2) is 0 Å². The van der Waals surface area contributed by atoms with Crippen molar-refractivity contribution in [2.24, 2.45) is 0 Å². The van der Waals surface area contributed by atoms with E-state index in [2.05, 4.69) is 17.0 Å². The molecule has 0 saturated carbocycles. The van der Waals surface area contributed by atoms with Crippen molar-refractivity contribution in [1.82, 2.24) is 9.80 Å². The fraction of sp³-hybridized carbons (Fsp3) is 0.333. The van der Waals surface area contributed by atoms with Crippen LogP contribution in [0.3, 0.4) is 0 Å². The summed E-state index contributed by atoms with van der Waals surface area (Å²) in [5.41, 5.74) is 2.77. The molecule has 2 heterocycles. The van der Waals surface area contributed by atoms with Gasteiger partial charge in [0.2, 0.25) is 5.91 Å². The molecule has 2 aromatic rings. The van der Waals surface area contributed by atoms with E-state index >= 15 is 0 Å². The summed E-state index contributed by atoms with van der Waals surface area (Å²) in [6.45, 7) is 1.91. The zero-order valence-electron chi connectivity index (χ0n) is 15.2. The molecule has 0 aromatic heterocycles. The second kappa shape index (κ2) is 7.04. The number of likely N-dealkylation sites (N-methyl/N-ethyl adjacent to an activating group) is 1. The Balaban J connectivity index is 1.33. The lowest BCUT2D eigenvalue weighted by atomic mass is 9.93. The monoisotopic (exact) mass is 366 g/mol. The van der Waals surface area contributed by atoms with E-state index in [9.17, 15) is 9.59 Å². The van der Waals surface area contributed by atoms with Crippen LogP contribution in [0.2, 0.25) is 0 Å². The van der Waals surface area contributed by atoms with Gasteiger partial charge in [0, 0.05) is 6.54 Å². The number of ether oxygens (including phenoxy) is 1. The molecule has 1 atom stereocenters. The maximum absolute atomic E-state index is 12.9. The third-order valence-corrected chi connectivity index (χ3v) is 5.33. The van der Waals surface area contributed by atoms with E-state index in [1.165, 1.54) is 23.3 Å². The number of rotatable bonds is 4. The van der Waals surface area contributed by atoms with Crippen molar-refractivity contribution in [3.63, 3.8) is 0 Å². The summed E-state index contributed by atoms with van der Waals surface area (Å²) in [6.07, 6.45) is 0.690. The van der Waals surface area contributed by atoms with Crippen molar-refractivity contribution in [2.45, 2.75) is 25.1 Å². The zero-order chi connectivity index (χ0) is 19.0. The molecule has 6 nitrogen and oxygen atoms in total. The molecular formula is C21H22N2O4. The van der Waals surface area contributed by atoms with Gasteiger partial charge >= 0.3 is 5.97 Å². The molecule has 2 aliphatic rings. The van der Waals surface area contributed by atoms with Gasteiger partial charge in [-0.25, -0.2) is 4.79 Å². The highest BCUT2D eigenvalue weighted by molar-refractivity contribution is 5.87. The van der Waals surface area contributed by atoms with Crippen LogP contribution in [0.5, 0.6) is 5.75 Å². The molecular weight excluding hydrogens is 344 g/mol. The highest BCUT2D eigenvalue weighted by Crippen LogP contribution is 2.25. The number of hydrogen-bond donors (Lipinski definition) is 1. The summed E-state index contributed by atoms with van der Waals surface area (Å²) in [4.78, 5) is 27.7. The smallest absolute Gasteiger partial charge is 0.335 e. The Morgan fingerprint density at radius 1 is 1.04 bits per heavy atom. The summed E-state index contributed by atoms with van der Waals surface area (Å²) in [5, 5.41) is 8.93. The van der Waals surface area contributed by atoms with Crippen LogP contribution in [0.1, 0.15) is 21.5 Å². The first-order valence-electron chi connectivity index (χ1n) is 9.07. The summed E-state index contributed by atoms with van der Waals surface area (Å²) < 4.78 is 5.84. The molecule has 140 valence electrons. The van der Waals surface area contributed by atoms with E-state index in [1.54, 1.807) is 12.1 Å². The van der Waals surface area contributed by atoms with E-state index in [0.717, 1.165) is 13.0 Å². The number of nitrogens with zero attached hydrogens (tertiary/aromatic N) is 2. The molecule has 27 heavy (non-hydrogen) atoms. The van der Waals surface area contributed by atoms with Crippen LogP contribution in [-0.4, -0.2) is 59.1 Å². The Hall–Kier alpha value is -2.86. The Labute approximate surface area is 158 Å². The highest BCUT2D eigenvalue weighted by Gasteiger charge is 2.38. The van der Waals surface area contributed by atoms with E-state index in [4.69, 9.17) is 9.84 Å². The molecule has 1 N–H and O–H groups in total. The normalized spacial score (nSPS) is 19.9. The lowest BCUT2D eigenvalue weighted by Crippen LogP contribution is -2.61. The average molecular weight is 366 g/mol. The van der Waals surface area contributed by atoms with Crippen molar-refractivity contribution in [1.29, 1.82) is 0 Å². The maximum Gasteiger partial charge on any atom is 0.335 e. The van der Waals surface area contributed by atoms with Crippen LogP contribution in [-0.2, 0) is 17.8 Å². The largest absolute Gasteiger partial charge is 0.487 e.